The Balaban J connectivity index is 1.02. The SMILES string of the molecule is COc1cc2c(Oc3ccc(NC(=O)C4(CNc5ccc(F)cc5)CC4)cc3F)ccnc2cc1OCCCN1CCN(C(=O)OC(C)(C)C)CC1. The van der Waals surface area contributed by atoms with E-state index in [-0.39, 0.29) is 23.6 Å². The minimum absolute atomic E-state index is 0.0177. The second-order valence-electron chi connectivity index (χ2n) is 14.2. The van der Waals surface area contributed by atoms with E-state index < -0.39 is 16.8 Å². The number of ether oxygens (including phenoxy) is 4. The fraction of sp³-hybridized carbons (Fsp3) is 0.410. The summed E-state index contributed by atoms with van der Waals surface area (Å²) >= 11 is 0. The topological polar surface area (TPSA) is 114 Å². The van der Waals surface area contributed by atoms with Crippen molar-refractivity contribution in [1.29, 1.82) is 0 Å². The molecular weight excluding hydrogens is 672 g/mol. The fourth-order valence-corrected chi connectivity index (χ4v) is 5.96. The molecule has 0 bridgehead atoms. The van der Waals surface area contributed by atoms with Crippen molar-refractivity contribution in [2.45, 2.75) is 45.6 Å². The van der Waals surface area contributed by atoms with E-state index in [0.29, 0.717) is 72.9 Å². The van der Waals surface area contributed by atoms with Crippen LogP contribution in [0.1, 0.15) is 40.0 Å². The first kappa shape index (κ1) is 36.6. The number of nitrogens with zero attached hydrogens (tertiary/aromatic N) is 3. The lowest BCUT2D eigenvalue weighted by molar-refractivity contribution is -0.120. The molecule has 3 aromatic carbocycles. The molecule has 2 fully saturated rings. The highest BCUT2D eigenvalue weighted by atomic mass is 19.1. The van der Waals surface area contributed by atoms with Gasteiger partial charge in [-0.05, 0) is 88.6 Å². The zero-order valence-corrected chi connectivity index (χ0v) is 30.0. The van der Waals surface area contributed by atoms with Crippen molar-refractivity contribution < 1.29 is 37.3 Å². The monoisotopic (exact) mass is 717 g/mol. The van der Waals surface area contributed by atoms with E-state index in [1.165, 1.54) is 24.3 Å². The van der Waals surface area contributed by atoms with Crippen molar-refractivity contribution in [1.82, 2.24) is 14.8 Å². The van der Waals surface area contributed by atoms with Gasteiger partial charge < -0.3 is 34.5 Å². The lowest BCUT2D eigenvalue weighted by Crippen LogP contribution is -2.50. The number of carbonyl (C=O) groups excluding carboxylic acids is 2. The van der Waals surface area contributed by atoms with Crippen LogP contribution in [0.5, 0.6) is 23.0 Å². The largest absolute Gasteiger partial charge is 0.493 e. The predicted molar refractivity (Wildman–Crippen MR) is 194 cm³/mol. The molecule has 13 heteroatoms. The Morgan fingerprint density at radius 1 is 0.885 bits per heavy atom. The summed E-state index contributed by atoms with van der Waals surface area (Å²) in [6.45, 7) is 10.0. The van der Waals surface area contributed by atoms with Crippen molar-refractivity contribution in [2.24, 2.45) is 5.41 Å². The third-order valence-electron chi connectivity index (χ3n) is 9.11. The van der Waals surface area contributed by atoms with Gasteiger partial charge in [0.15, 0.2) is 23.1 Å². The maximum Gasteiger partial charge on any atom is 0.410 e. The molecule has 2 amide bonds. The number of methoxy groups -OCH3 is 1. The molecule has 1 aromatic heterocycles. The summed E-state index contributed by atoms with van der Waals surface area (Å²) in [5.74, 6) is 0.187. The molecule has 276 valence electrons. The summed E-state index contributed by atoms with van der Waals surface area (Å²) in [6, 6.07) is 15.4. The molecule has 52 heavy (non-hydrogen) atoms. The van der Waals surface area contributed by atoms with Crippen LogP contribution < -0.4 is 24.8 Å². The zero-order chi connectivity index (χ0) is 36.9. The summed E-state index contributed by atoms with van der Waals surface area (Å²) in [5, 5.41) is 6.63. The van der Waals surface area contributed by atoms with Crippen LogP contribution in [0.4, 0.5) is 25.0 Å². The van der Waals surface area contributed by atoms with Gasteiger partial charge in [-0.2, -0.15) is 0 Å². The minimum atomic E-state index is -0.643. The van der Waals surface area contributed by atoms with E-state index in [1.54, 1.807) is 54.6 Å². The average molecular weight is 718 g/mol. The Bertz CT molecular complexity index is 1890. The molecule has 2 heterocycles. The normalized spacial score (nSPS) is 15.5. The Morgan fingerprint density at radius 3 is 2.29 bits per heavy atom. The number of pyridine rings is 1. The summed E-state index contributed by atoms with van der Waals surface area (Å²) in [7, 11) is 1.55. The van der Waals surface area contributed by atoms with Gasteiger partial charge in [-0.25, -0.2) is 13.6 Å². The van der Waals surface area contributed by atoms with E-state index in [0.717, 1.165) is 31.7 Å². The molecule has 0 atom stereocenters. The zero-order valence-electron chi connectivity index (χ0n) is 30.0. The Morgan fingerprint density at radius 2 is 1.62 bits per heavy atom. The number of hydrogen-bond acceptors (Lipinski definition) is 9. The van der Waals surface area contributed by atoms with Crippen LogP contribution >= 0.6 is 0 Å². The Hall–Kier alpha value is -5.17. The van der Waals surface area contributed by atoms with Gasteiger partial charge in [-0.3, -0.25) is 14.7 Å². The van der Waals surface area contributed by atoms with Crippen molar-refractivity contribution >= 4 is 34.3 Å². The van der Waals surface area contributed by atoms with E-state index in [1.807, 2.05) is 20.8 Å². The van der Waals surface area contributed by atoms with Crippen molar-refractivity contribution in [3.05, 3.63) is 78.5 Å². The van der Waals surface area contributed by atoms with Crippen LogP contribution in [-0.4, -0.2) is 85.4 Å². The number of fused-ring (bicyclic) bond motifs is 1. The van der Waals surface area contributed by atoms with E-state index in [9.17, 15) is 14.0 Å². The highest BCUT2D eigenvalue weighted by Gasteiger charge is 2.49. The molecule has 1 saturated heterocycles. The highest BCUT2D eigenvalue weighted by molar-refractivity contribution is 5.97. The van der Waals surface area contributed by atoms with Gasteiger partial charge in [0.25, 0.3) is 0 Å². The van der Waals surface area contributed by atoms with Gasteiger partial charge in [0.2, 0.25) is 5.91 Å². The van der Waals surface area contributed by atoms with Crippen LogP contribution in [0.25, 0.3) is 10.9 Å². The Labute approximate surface area is 302 Å². The van der Waals surface area contributed by atoms with Crippen molar-refractivity contribution in [3.63, 3.8) is 0 Å². The van der Waals surface area contributed by atoms with E-state index in [4.69, 9.17) is 18.9 Å². The summed E-state index contributed by atoms with van der Waals surface area (Å²) in [5.41, 5.74) is 0.490. The summed E-state index contributed by atoms with van der Waals surface area (Å²) in [6.07, 6.45) is 3.46. The van der Waals surface area contributed by atoms with E-state index >= 15 is 4.39 Å². The number of benzene rings is 3. The quantitative estimate of drug-likeness (QED) is 0.136. The molecule has 2 aliphatic rings. The van der Waals surface area contributed by atoms with Gasteiger partial charge in [-0.1, -0.05) is 0 Å². The third kappa shape index (κ3) is 9.19. The molecule has 1 aliphatic heterocycles. The van der Waals surface area contributed by atoms with Crippen molar-refractivity contribution in [3.8, 4) is 23.0 Å². The van der Waals surface area contributed by atoms with Gasteiger partial charge in [0.05, 0.1) is 24.6 Å². The average Bonchev–Trinajstić information content (AvgIpc) is 3.92. The lowest BCUT2D eigenvalue weighted by Gasteiger charge is -2.35. The number of amides is 2. The maximum atomic E-state index is 15.3. The van der Waals surface area contributed by atoms with Crippen LogP contribution in [0.2, 0.25) is 0 Å². The number of aromatic nitrogens is 1. The van der Waals surface area contributed by atoms with Crippen LogP contribution in [-0.2, 0) is 9.53 Å². The first-order valence-corrected chi connectivity index (χ1v) is 17.5. The number of halogens is 2. The number of carbonyl (C=O) groups is 2. The molecule has 0 unspecified atom stereocenters. The van der Waals surface area contributed by atoms with Crippen molar-refractivity contribution in [2.75, 3.05) is 63.6 Å². The minimum Gasteiger partial charge on any atom is -0.493 e. The second kappa shape index (κ2) is 15.6. The first-order valence-electron chi connectivity index (χ1n) is 17.5. The van der Waals surface area contributed by atoms with Gasteiger partial charge in [-0.15, -0.1) is 0 Å². The number of hydrogen-bond donors (Lipinski definition) is 2. The summed E-state index contributed by atoms with van der Waals surface area (Å²) < 4.78 is 51.8. The molecular formula is C39H45F2N5O6. The van der Waals surface area contributed by atoms with Gasteiger partial charge >= 0.3 is 6.09 Å². The maximum absolute atomic E-state index is 15.3. The first-order chi connectivity index (χ1) is 24.9. The highest BCUT2D eigenvalue weighted by Crippen LogP contribution is 2.47. The standard InChI is InChI=1S/C39H45F2N5O6/c1-38(2,3)52-37(48)46-19-17-45(18-20-46)16-5-21-50-35-24-31-29(23-34(35)49-4)32(12-15-42-31)51-33-11-10-28(22-30(33)41)44-36(47)39(13-14-39)25-43-27-8-6-26(40)7-9-27/h6-12,15,22-24,43H,5,13-14,16-21,25H2,1-4H3,(H,44,47). The predicted octanol–water partition coefficient (Wildman–Crippen LogP) is 7.47. The van der Waals surface area contributed by atoms with Gasteiger partial charge in [0, 0.05) is 74.4 Å². The van der Waals surface area contributed by atoms with Gasteiger partial charge in [0.1, 0.15) is 17.2 Å². The molecule has 6 rings (SSSR count). The Kier molecular flexibility index (Phi) is 11.0. The number of piperazine rings is 1. The van der Waals surface area contributed by atoms with Crippen LogP contribution in [0.3, 0.4) is 0 Å². The number of rotatable bonds is 13. The third-order valence-corrected chi connectivity index (χ3v) is 9.11. The van der Waals surface area contributed by atoms with Crippen LogP contribution in [0.15, 0.2) is 66.9 Å². The molecule has 11 nitrogen and oxygen atoms in total. The van der Waals surface area contributed by atoms with E-state index in [2.05, 4.69) is 20.5 Å². The lowest BCUT2D eigenvalue weighted by atomic mass is 10.1. The molecule has 4 aromatic rings. The molecule has 1 aliphatic carbocycles. The smallest absolute Gasteiger partial charge is 0.410 e. The number of anilines is 2. The molecule has 1 saturated carbocycles. The second-order valence-corrected chi connectivity index (χ2v) is 14.2. The fourth-order valence-electron chi connectivity index (χ4n) is 5.96. The molecule has 2 N–H and O–H groups in total. The molecule has 0 spiro atoms. The molecule has 0 radical (unpaired) electrons. The number of nitrogens with one attached hydrogen (secondary N) is 2. The van der Waals surface area contributed by atoms with Crippen LogP contribution in [0, 0.1) is 17.0 Å². The summed E-state index contributed by atoms with van der Waals surface area (Å²) in [4.78, 5) is 34.0.